The molecule has 0 bridgehead atoms. The van der Waals surface area contributed by atoms with Gasteiger partial charge in [0.25, 0.3) is 5.91 Å². The summed E-state index contributed by atoms with van der Waals surface area (Å²) in [7, 11) is 0. The van der Waals surface area contributed by atoms with Crippen LogP contribution in [0.2, 0.25) is 0 Å². The number of thioether (sulfide) groups is 1. The molecule has 1 atom stereocenters. The number of carbonyl (C=O) groups is 2. The van der Waals surface area contributed by atoms with Crippen molar-refractivity contribution in [2.24, 2.45) is 0 Å². The van der Waals surface area contributed by atoms with Crippen molar-refractivity contribution < 1.29 is 9.59 Å². The number of amides is 2. The molecule has 7 heteroatoms. The molecule has 0 N–H and O–H groups in total. The molecular formula is C16H24N4O2S. The minimum atomic E-state index is -0.300. The van der Waals surface area contributed by atoms with Gasteiger partial charge >= 0.3 is 0 Å². The number of carbonyl (C=O) groups excluding carboxylic acids is 2. The molecule has 2 aliphatic rings. The van der Waals surface area contributed by atoms with E-state index in [4.69, 9.17) is 0 Å². The molecule has 2 aliphatic heterocycles. The Hall–Kier alpha value is -1.50. The first kappa shape index (κ1) is 16.4. The van der Waals surface area contributed by atoms with E-state index in [1.807, 2.05) is 36.6 Å². The molecule has 3 rings (SSSR count). The number of hydrogen-bond acceptors (Lipinski definition) is 4. The maximum Gasteiger partial charge on any atom is 0.272 e. The van der Waals surface area contributed by atoms with Crippen LogP contribution < -0.4 is 0 Å². The van der Waals surface area contributed by atoms with Crippen molar-refractivity contribution in [1.29, 1.82) is 0 Å². The quantitative estimate of drug-likeness (QED) is 0.837. The van der Waals surface area contributed by atoms with Crippen LogP contribution in [0.15, 0.2) is 6.07 Å². The number of nitrogens with zero attached hydrogens (tertiary/aromatic N) is 4. The predicted octanol–water partition coefficient (Wildman–Crippen LogP) is 1.39. The molecule has 0 radical (unpaired) electrons. The first-order chi connectivity index (χ1) is 11.1. The molecule has 0 spiro atoms. The lowest BCUT2D eigenvalue weighted by Crippen LogP contribution is -2.50. The summed E-state index contributed by atoms with van der Waals surface area (Å²) < 4.78 is 1.73. The van der Waals surface area contributed by atoms with E-state index in [0.29, 0.717) is 18.8 Å². The second kappa shape index (κ2) is 6.95. The Labute approximate surface area is 141 Å². The zero-order valence-electron chi connectivity index (χ0n) is 13.8. The van der Waals surface area contributed by atoms with E-state index in [0.717, 1.165) is 43.1 Å². The van der Waals surface area contributed by atoms with Crippen LogP contribution in [0.5, 0.6) is 0 Å². The SMILES string of the molecule is CCn1nc(C)cc1C(=O)N1CCC[C@H]1C(=O)N1CCSCC1. The van der Waals surface area contributed by atoms with Crippen molar-refractivity contribution in [2.75, 3.05) is 31.1 Å². The van der Waals surface area contributed by atoms with Crippen molar-refractivity contribution >= 4 is 23.6 Å². The van der Waals surface area contributed by atoms with Crippen LogP contribution >= 0.6 is 11.8 Å². The number of rotatable bonds is 3. The molecule has 23 heavy (non-hydrogen) atoms. The second-order valence-electron chi connectivity index (χ2n) is 6.08. The highest BCUT2D eigenvalue weighted by atomic mass is 32.2. The van der Waals surface area contributed by atoms with E-state index in [1.165, 1.54) is 0 Å². The van der Waals surface area contributed by atoms with Gasteiger partial charge < -0.3 is 9.80 Å². The molecule has 0 aliphatic carbocycles. The molecule has 0 unspecified atom stereocenters. The Morgan fingerprint density at radius 1 is 1.30 bits per heavy atom. The molecule has 2 fully saturated rings. The van der Waals surface area contributed by atoms with E-state index in [1.54, 1.807) is 9.58 Å². The zero-order valence-corrected chi connectivity index (χ0v) is 14.6. The normalized spacial score (nSPS) is 21.7. The Kier molecular flexibility index (Phi) is 4.94. The van der Waals surface area contributed by atoms with E-state index < -0.39 is 0 Å². The van der Waals surface area contributed by atoms with Gasteiger partial charge in [0.15, 0.2) is 0 Å². The third-order valence-corrected chi connectivity index (χ3v) is 5.48. The third kappa shape index (κ3) is 3.24. The molecule has 0 saturated carbocycles. The van der Waals surface area contributed by atoms with Gasteiger partial charge in [-0.25, -0.2) is 0 Å². The fourth-order valence-corrected chi connectivity index (χ4v) is 4.27. The lowest BCUT2D eigenvalue weighted by molar-refractivity contribution is -0.134. The largest absolute Gasteiger partial charge is 0.339 e. The summed E-state index contributed by atoms with van der Waals surface area (Å²) in [5.74, 6) is 2.05. The van der Waals surface area contributed by atoms with Crippen LogP contribution in [0.1, 0.15) is 35.9 Å². The summed E-state index contributed by atoms with van der Waals surface area (Å²) in [6, 6.07) is 1.52. The van der Waals surface area contributed by atoms with Crippen LogP contribution in [-0.2, 0) is 11.3 Å². The van der Waals surface area contributed by atoms with Crippen molar-refractivity contribution in [3.8, 4) is 0 Å². The summed E-state index contributed by atoms with van der Waals surface area (Å²) >= 11 is 1.88. The summed E-state index contributed by atoms with van der Waals surface area (Å²) in [6.07, 6.45) is 1.66. The minimum Gasteiger partial charge on any atom is -0.339 e. The number of likely N-dealkylation sites (tertiary alicyclic amines) is 1. The fraction of sp³-hybridized carbons (Fsp3) is 0.688. The summed E-state index contributed by atoms with van der Waals surface area (Å²) in [5, 5.41) is 4.35. The molecule has 0 aromatic carbocycles. The van der Waals surface area contributed by atoms with Crippen LogP contribution in [0.3, 0.4) is 0 Å². The first-order valence-corrected chi connectivity index (χ1v) is 9.49. The average molecular weight is 336 g/mol. The predicted molar refractivity (Wildman–Crippen MR) is 90.6 cm³/mol. The number of aryl methyl sites for hydroxylation is 2. The van der Waals surface area contributed by atoms with Gasteiger partial charge in [0.05, 0.1) is 5.69 Å². The fourth-order valence-electron chi connectivity index (χ4n) is 3.37. The van der Waals surface area contributed by atoms with E-state index >= 15 is 0 Å². The van der Waals surface area contributed by atoms with Gasteiger partial charge in [-0.15, -0.1) is 0 Å². The lowest BCUT2D eigenvalue weighted by atomic mass is 10.1. The van der Waals surface area contributed by atoms with Gasteiger partial charge in [-0.1, -0.05) is 0 Å². The van der Waals surface area contributed by atoms with Crippen molar-refractivity contribution in [3.63, 3.8) is 0 Å². The number of hydrogen-bond donors (Lipinski definition) is 0. The molecule has 1 aromatic rings. The molecule has 126 valence electrons. The van der Waals surface area contributed by atoms with Gasteiger partial charge in [0.1, 0.15) is 11.7 Å². The van der Waals surface area contributed by atoms with E-state index in [-0.39, 0.29) is 17.9 Å². The van der Waals surface area contributed by atoms with Crippen molar-refractivity contribution in [3.05, 3.63) is 17.5 Å². The maximum atomic E-state index is 12.9. The van der Waals surface area contributed by atoms with Gasteiger partial charge in [0, 0.05) is 37.7 Å². The van der Waals surface area contributed by atoms with E-state index in [9.17, 15) is 9.59 Å². The lowest BCUT2D eigenvalue weighted by Gasteiger charge is -2.32. The topological polar surface area (TPSA) is 58.4 Å². The summed E-state index contributed by atoms with van der Waals surface area (Å²) in [5.41, 5.74) is 1.43. The van der Waals surface area contributed by atoms with Crippen LogP contribution in [-0.4, -0.2) is 68.6 Å². The average Bonchev–Trinajstić information content (AvgIpc) is 3.20. The van der Waals surface area contributed by atoms with Gasteiger partial charge in [-0.3, -0.25) is 14.3 Å². The van der Waals surface area contributed by atoms with Crippen molar-refractivity contribution in [1.82, 2.24) is 19.6 Å². The molecule has 6 nitrogen and oxygen atoms in total. The second-order valence-corrected chi connectivity index (χ2v) is 7.31. The third-order valence-electron chi connectivity index (χ3n) is 4.54. The highest BCUT2D eigenvalue weighted by Gasteiger charge is 2.38. The Morgan fingerprint density at radius 3 is 2.74 bits per heavy atom. The Morgan fingerprint density at radius 2 is 2.04 bits per heavy atom. The Balaban J connectivity index is 1.77. The smallest absolute Gasteiger partial charge is 0.272 e. The van der Waals surface area contributed by atoms with Gasteiger partial charge in [0.2, 0.25) is 5.91 Å². The number of aromatic nitrogens is 2. The monoisotopic (exact) mass is 336 g/mol. The van der Waals surface area contributed by atoms with E-state index in [2.05, 4.69) is 5.10 Å². The molecule has 2 saturated heterocycles. The molecule has 3 heterocycles. The summed E-state index contributed by atoms with van der Waals surface area (Å²) in [4.78, 5) is 29.4. The maximum absolute atomic E-state index is 12.9. The van der Waals surface area contributed by atoms with Crippen LogP contribution in [0.25, 0.3) is 0 Å². The van der Waals surface area contributed by atoms with Crippen LogP contribution in [0, 0.1) is 6.92 Å². The Bertz CT molecular complexity index is 595. The molecular weight excluding hydrogens is 312 g/mol. The van der Waals surface area contributed by atoms with Gasteiger partial charge in [-0.05, 0) is 32.8 Å². The minimum absolute atomic E-state index is 0.0605. The standard InChI is InChI=1S/C16H24N4O2S/c1-3-20-14(11-12(2)17-20)16(22)19-6-4-5-13(19)15(21)18-7-9-23-10-8-18/h11,13H,3-10H2,1-2H3/t13-/m0/s1. The highest BCUT2D eigenvalue weighted by molar-refractivity contribution is 7.99. The zero-order chi connectivity index (χ0) is 16.4. The molecule has 1 aromatic heterocycles. The first-order valence-electron chi connectivity index (χ1n) is 8.33. The highest BCUT2D eigenvalue weighted by Crippen LogP contribution is 2.23. The van der Waals surface area contributed by atoms with Gasteiger partial charge in [-0.2, -0.15) is 16.9 Å². The van der Waals surface area contributed by atoms with Crippen LogP contribution in [0.4, 0.5) is 0 Å². The summed E-state index contributed by atoms with van der Waals surface area (Å²) in [6.45, 7) is 6.78. The van der Waals surface area contributed by atoms with Crippen molar-refractivity contribution in [2.45, 2.75) is 39.3 Å². The molecule has 2 amide bonds.